The van der Waals surface area contributed by atoms with E-state index in [1.54, 1.807) is 0 Å². The van der Waals surface area contributed by atoms with Crippen LogP contribution in [-0.2, 0) is 19.1 Å². The van der Waals surface area contributed by atoms with Crippen molar-refractivity contribution in [2.75, 3.05) is 6.61 Å². The van der Waals surface area contributed by atoms with Gasteiger partial charge < -0.3 is 0 Å². The van der Waals surface area contributed by atoms with E-state index in [9.17, 15) is 9.59 Å². The number of carbonyl (C=O) groups is 2. The van der Waals surface area contributed by atoms with E-state index in [4.69, 9.17) is 9.47 Å². The first kappa shape index (κ1) is 13.1. The quantitative estimate of drug-likeness (QED) is 0.180. The molecule has 3 saturated heterocycles. The van der Waals surface area contributed by atoms with Crippen molar-refractivity contribution in [1.82, 2.24) is 7.06 Å². The number of esters is 2. The summed E-state index contributed by atoms with van der Waals surface area (Å²) in [6.07, 6.45) is 2.70. The zero-order valence-electron chi connectivity index (χ0n) is 11.8. The Labute approximate surface area is 130 Å². The van der Waals surface area contributed by atoms with Crippen LogP contribution in [0.5, 0.6) is 0 Å². The first-order valence-corrected chi connectivity index (χ1v) is 11.0. The fourth-order valence-electron chi connectivity index (χ4n) is 4.78. The van der Waals surface area contributed by atoms with Crippen LogP contribution in [0.4, 0.5) is 0 Å². The summed E-state index contributed by atoms with van der Waals surface area (Å²) in [4.78, 5) is 24.2. The Hall–Kier alpha value is -0.410. The summed E-state index contributed by atoms with van der Waals surface area (Å²) < 4.78 is 17.9. The summed E-state index contributed by atoms with van der Waals surface area (Å²) in [5.74, 6) is 0.966. The second-order valence-corrected chi connectivity index (χ2v) is 11.2. The van der Waals surface area contributed by atoms with Gasteiger partial charge in [-0.1, -0.05) is 0 Å². The number of alkyl halides is 1. The van der Waals surface area contributed by atoms with Crippen LogP contribution in [0.15, 0.2) is 0 Å². The Bertz CT molecular complexity index is 535. The molecular formula is C14H19IN2O4. The molecule has 6 nitrogen and oxygen atoms in total. The summed E-state index contributed by atoms with van der Waals surface area (Å²) >= 11 is -1.11. The predicted molar refractivity (Wildman–Crippen MR) is 80.8 cm³/mol. The normalized spacial score (nSPS) is 46.6. The molecule has 3 aliphatic heterocycles. The number of fused-ring (bicyclic) bond motifs is 6. The van der Waals surface area contributed by atoms with E-state index in [2.05, 4.69) is 14.0 Å². The maximum atomic E-state index is 12.5. The summed E-state index contributed by atoms with van der Waals surface area (Å²) in [6.45, 7) is 2.58. The standard InChI is InChI=1S/C14H19IN2O4/c1-2-9(14-15(16-14)17-14)12(18)21-10-4-6-3-7(10)8-5-20-13(19)11(6)8/h6-11,16-17H,2-5H2,1H3. The number of hydrogen-bond donors (Lipinski definition) is 2. The Morgan fingerprint density at radius 1 is 1.48 bits per heavy atom. The molecule has 0 spiro atoms. The number of hydrogen-bond acceptors (Lipinski definition) is 6. The van der Waals surface area contributed by atoms with Crippen LogP contribution in [-0.4, -0.2) is 28.3 Å². The molecule has 6 unspecified atom stereocenters. The molecule has 3 heterocycles. The Morgan fingerprint density at radius 3 is 2.90 bits per heavy atom. The van der Waals surface area contributed by atoms with Crippen molar-refractivity contribution in [3.63, 3.8) is 0 Å². The number of ether oxygens (including phenoxy) is 2. The van der Waals surface area contributed by atoms with Gasteiger partial charge in [0.2, 0.25) is 0 Å². The van der Waals surface area contributed by atoms with Crippen LogP contribution in [0.1, 0.15) is 26.2 Å². The van der Waals surface area contributed by atoms with E-state index >= 15 is 0 Å². The van der Waals surface area contributed by atoms with Crippen molar-refractivity contribution in [3.8, 4) is 0 Å². The molecule has 6 atom stereocenters. The van der Waals surface area contributed by atoms with Crippen LogP contribution >= 0.6 is 20.4 Å². The molecule has 0 aromatic rings. The van der Waals surface area contributed by atoms with Crippen molar-refractivity contribution >= 4 is 32.3 Å². The number of carbonyl (C=O) groups excluding carboxylic acids is 2. The van der Waals surface area contributed by atoms with Crippen LogP contribution in [0, 0.1) is 29.6 Å². The van der Waals surface area contributed by atoms with E-state index in [0.29, 0.717) is 18.4 Å². The first-order chi connectivity index (χ1) is 10.1. The van der Waals surface area contributed by atoms with Gasteiger partial charge in [-0.2, -0.15) is 0 Å². The topological polar surface area (TPSA) is 96.5 Å². The monoisotopic (exact) mass is 406 g/mol. The van der Waals surface area contributed by atoms with Gasteiger partial charge in [0.05, 0.1) is 0 Å². The van der Waals surface area contributed by atoms with Crippen LogP contribution in [0.3, 0.4) is 0 Å². The average molecular weight is 406 g/mol. The molecule has 0 radical (unpaired) electrons. The summed E-state index contributed by atoms with van der Waals surface area (Å²) in [5.41, 5.74) is 0. The van der Waals surface area contributed by atoms with E-state index < -0.39 is 20.4 Å². The fraction of sp³-hybridized carbons (Fsp3) is 0.857. The van der Waals surface area contributed by atoms with Gasteiger partial charge in [-0.05, 0) is 0 Å². The van der Waals surface area contributed by atoms with Gasteiger partial charge in [0.25, 0.3) is 0 Å². The van der Waals surface area contributed by atoms with Crippen LogP contribution in [0.2, 0.25) is 0 Å². The molecule has 5 rings (SSSR count). The van der Waals surface area contributed by atoms with E-state index in [-0.39, 0.29) is 39.5 Å². The number of cyclic esters (lactones) is 1. The molecule has 2 bridgehead atoms. The zero-order valence-corrected chi connectivity index (χ0v) is 14.0. The molecule has 2 N–H and O–H groups in total. The van der Waals surface area contributed by atoms with Gasteiger partial charge in [0, 0.05) is 0 Å². The van der Waals surface area contributed by atoms with Crippen molar-refractivity contribution in [2.24, 2.45) is 29.6 Å². The first-order valence-electron chi connectivity index (χ1n) is 7.76. The van der Waals surface area contributed by atoms with E-state index in [1.165, 1.54) is 0 Å². The molecule has 5 aliphatic rings. The Morgan fingerprint density at radius 2 is 2.24 bits per heavy atom. The number of rotatable bonds is 4. The maximum absolute atomic E-state index is 12.5. The molecular weight excluding hydrogens is 387 g/mol. The summed E-state index contributed by atoms with van der Waals surface area (Å²) in [5, 5.41) is 0. The molecule has 0 aromatic heterocycles. The minimum absolute atomic E-state index is 0.00232. The minimum atomic E-state index is -1.11. The Kier molecular flexibility index (Phi) is 2.56. The van der Waals surface area contributed by atoms with Crippen LogP contribution in [0.25, 0.3) is 0 Å². The van der Waals surface area contributed by atoms with Gasteiger partial charge in [-0.25, -0.2) is 0 Å². The molecule has 21 heavy (non-hydrogen) atoms. The molecule has 2 aliphatic carbocycles. The second kappa shape index (κ2) is 4.11. The fourth-order valence-corrected chi connectivity index (χ4v) is 9.71. The van der Waals surface area contributed by atoms with Gasteiger partial charge in [0.15, 0.2) is 0 Å². The summed E-state index contributed by atoms with van der Waals surface area (Å²) in [6, 6.07) is 0. The summed E-state index contributed by atoms with van der Waals surface area (Å²) in [7, 11) is 0. The van der Waals surface area contributed by atoms with Crippen molar-refractivity contribution in [3.05, 3.63) is 0 Å². The predicted octanol–water partition coefficient (Wildman–Crippen LogP) is 0.950. The molecule has 0 aromatic carbocycles. The van der Waals surface area contributed by atoms with Gasteiger partial charge in [-0.3, -0.25) is 0 Å². The third-order valence-corrected chi connectivity index (χ3v) is 10.6. The van der Waals surface area contributed by atoms with Crippen molar-refractivity contribution < 1.29 is 19.1 Å². The zero-order chi connectivity index (χ0) is 14.4. The SMILES string of the molecule is CCC(C(=O)OC1CC2CC1C1COC(=O)C21)C12NI1N2. The van der Waals surface area contributed by atoms with E-state index in [1.807, 2.05) is 0 Å². The second-order valence-electron chi connectivity index (χ2n) is 6.84. The molecule has 0 amide bonds. The van der Waals surface area contributed by atoms with E-state index in [0.717, 1.165) is 19.3 Å². The molecule has 7 heteroatoms. The number of nitrogens with one attached hydrogen (secondary N) is 2. The van der Waals surface area contributed by atoms with Crippen molar-refractivity contribution in [2.45, 2.75) is 36.0 Å². The van der Waals surface area contributed by atoms with Gasteiger partial charge in [-0.15, -0.1) is 0 Å². The third kappa shape index (κ3) is 1.65. The van der Waals surface area contributed by atoms with Crippen molar-refractivity contribution in [1.29, 1.82) is 0 Å². The molecule has 5 fully saturated rings. The van der Waals surface area contributed by atoms with Crippen LogP contribution < -0.4 is 7.06 Å². The Balaban J connectivity index is 1.28. The van der Waals surface area contributed by atoms with Gasteiger partial charge in [0.1, 0.15) is 0 Å². The molecule has 2 saturated carbocycles. The number of halogens is 1. The molecule has 116 valence electrons. The average Bonchev–Trinajstić information content (AvgIpc) is 3.08. The third-order valence-electron chi connectivity index (χ3n) is 5.93. The van der Waals surface area contributed by atoms with Gasteiger partial charge >= 0.3 is 131 Å².